The summed E-state index contributed by atoms with van der Waals surface area (Å²) in [5.74, 6) is -12.1. The quantitative estimate of drug-likeness (QED) is 0.514. The maximum atomic E-state index is 14.0. The monoisotopic (exact) mass is 382 g/mol. The summed E-state index contributed by atoms with van der Waals surface area (Å²) in [5, 5.41) is 7.95. The Morgan fingerprint density at radius 3 is 2.00 bits per heavy atom. The van der Waals surface area contributed by atoms with Gasteiger partial charge in [0.2, 0.25) is 0 Å². The fourth-order valence-corrected chi connectivity index (χ4v) is 2.21. The number of hydrogen-bond acceptors (Lipinski definition) is 2. The first-order valence-corrected chi connectivity index (χ1v) is 6.80. The van der Waals surface area contributed by atoms with Gasteiger partial charge in [-0.05, 0) is 6.07 Å². The molecule has 1 aromatic carbocycles. The molecule has 10 heteroatoms. The number of benzene rings is 1. The second kappa shape index (κ2) is 6.19. The van der Waals surface area contributed by atoms with Crippen LogP contribution in [0.3, 0.4) is 0 Å². The van der Waals surface area contributed by atoms with Crippen molar-refractivity contribution in [3.8, 4) is 17.3 Å². The maximum absolute atomic E-state index is 14.0. The highest BCUT2D eigenvalue weighted by atomic mass is 35.5. The van der Waals surface area contributed by atoms with Crippen LogP contribution in [-0.4, -0.2) is 17.1 Å². The van der Waals surface area contributed by atoms with E-state index in [0.717, 1.165) is 6.07 Å². The fourth-order valence-electron chi connectivity index (χ4n) is 1.97. The van der Waals surface area contributed by atoms with Crippen LogP contribution in [-0.2, 0) is 5.92 Å². The number of aromatic nitrogens is 1. The Bertz CT molecular complexity index is 826. The van der Waals surface area contributed by atoms with Crippen molar-refractivity contribution in [2.24, 2.45) is 0 Å². The summed E-state index contributed by atoms with van der Waals surface area (Å²) in [6.45, 7) is 0. The van der Waals surface area contributed by atoms with Crippen molar-refractivity contribution < 1.29 is 30.7 Å². The normalized spacial score (nSPS) is 12.8. The zero-order valence-corrected chi connectivity index (χ0v) is 12.6. The van der Waals surface area contributed by atoms with Crippen molar-refractivity contribution in [1.82, 2.24) is 4.98 Å². The Labute approximate surface area is 141 Å². The number of pyridine rings is 1. The molecule has 0 fully saturated rings. The third kappa shape index (κ3) is 3.14. The lowest BCUT2D eigenvalue weighted by atomic mass is 9.96. The number of alkyl halides is 7. The summed E-state index contributed by atoms with van der Waals surface area (Å²) in [4.78, 5) is 3.62. The first-order chi connectivity index (χ1) is 11.4. The Balaban J connectivity index is 2.76. The molecule has 1 aromatic heterocycles. The molecule has 0 atom stereocenters. The van der Waals surface area contributed by atoms with Crippen LogP contribution >= 0.6 is 11.6 Å². The van der Waals surface area contributed by atoms with E-state index in [1.54, 1.807) is 6.07 Å². The van der Waals surface area contributed by atoms with Gasteiger partial charge < -0.3 is 0 Å². The Morgan fingerprint density at radius 1 is 0.960 bits per heavy atom. The molecule has 0 N–H and O–H groups in total. The van der Waals surface area contributed by atoms with Crippen LogP contribution in [0.15, 0.2) is 36.4 Å². The number of nitriles is 1. The molecule has 0 amide bonds. The Hall–Kier alpha value is -2.34. The molecule has 0 bridgehead atoms. The number of rotatable bonds is 3. The molecule has 0 aliphatic heterocycles. The molecule has 0 aliphatic carbocycles. The van der Waals surface area contributed by atoms with E-state index in [4.69, 9.17) is 16.9 Å². The summed E-state index contributed by atoms with van der Waals surface area (Å²) in [7, 11) is 0. The third-order valence-electron chi connectivity index (χ3n) is 3.25. The van der Waals surface area contributed by atoms with Crippen molar-refractivity contribution in [1.29, 1.82) is 5.26 Å². The zero-order chi connectivity index (χ0) is 19.0. The van der Waals surface area contributed by atoms with Gasteiger partial charge in [-0.2, -0.15) is 36.0 Å². The van der Waals surface area contributed by atoms with Gasteiger partial charge in [0, 0.05) is 5.56 Å². The first-order valence-electron chi connectivity index (χ1n) is 6.42. The highest BCUT2D eigenvalue weighted by molar-refractivity contribution is 6.30. The average molecular weight is 383 g/mol. The molecule has 0 radical (unpaired) electrons. The topological polar surface area (TPSA) is 36.7 Å². The smallest absolute Gasteiger partial charge is 0.235 e. The van der Waals surface area contributed by atoms with Gasteiger partial charge in [-0.15, -0.1) is 0 Å². The lowest BCUT2D eigenvalue weighted by molar-refractivity contribution is -0.359. The van der Waals surface area contributed by atoms with Gasteiger partial charge >= 0.3 is 18.0 Å². The molecule has 2 nitrogen and oxygen atoms in total. The van der Waals surface area contributed by atoms with Gasteiger partial charge in [0.1, 0.15) is 11.2 Å². The molecule has 2 aromatic rings. The molecule has 0 aliphatic rings. The van der Waals surface area contributed by atoms with Crippen molar-refractivity contribution in [2.75, 3.05) is 0 Å². The molecular weight excluding hydrogens is 377 g/mol. The summed E-state index contributed by atoms with van der Waals surface area (Å²) < 4.78 is 92.0. The van der Waals surface area contributed by atoms with Crippen molar-refractivity contribution in [2.45, 2.75) is 18.0 Å². The van der Waals surface area contributed by atoms with E-state index >= 15 is 0 Å². The van der Waals surface area contributed by atoms with Crippen LogP contribution in [0.1, 0.15) is 11.1 Å². The van der Waals surface area contributed by atoms with Crippen LogP contribution in [0.4, 0.5) is 30.7 Å². The van der Waals surface area contributed by atoms with Gasteiger partial charge in [0.25, 0.3) is 0 Å². The minimum Gasteiger partial charge on any atom is -0.235 e. The molecule has 2 rings (SSSR count). The van der Waals surface area contributed by atoms with Crippen LogP contribution in [0.2, 0.25) is 5.15 Å². The van der Waals surface area contributed by atoms with Gasteiger partial charge in [-0.1, -0.05) is 41.9 Å². The number of nitrogens with zero attached hydrogens (tertiary/aromatic N) is 2. The summed E-state index contributed by atoms with van der Waals surface area (Å²) >= 11 is 5.56. The van der Waals surface area contributed by atoms with Crippen molar-refractivity contribution in [3.63, 3.8) is 0 Å². The second-order valence-electron chi connectivity index (χ2n) is 4.85. The molecule has 0 saturated carbocycles. The fraction of sp³-hybridized carbons (Fsp3) is 0.200. The van der Waals surface area contributed by atoms with E-state index in [2.05, 4.69) is 4.98 Å². The largest absolute Gasteiger partial charge is 0.460 e. The highest BCUT2D eigenvalue weighted by Gasteiger charge is 2.74. The van der Waals surface area contributed by atoms with Gasteiger partial charge in [0.05, 0.1) is 16.8 Å². The van der Waals surface area contributed by atoms with E-state index in [9.17, 15) is 30.7 Å². The van der Waals surface area contributed by atoms with Crippen LogP contribution in [0, 0.1) is 11.3 Å². The summed E-state index contributed by atoms with van der Waals surface area (Å²) in [6, 6.07) is 8.60. The minimum atomic E-state index is -6.54. The number of hydrogen-bond donors (Lipinski definition) is 0. The summed E-state index contributed by atoms with van der Waals surface area (Å²) in [6.07, 6.45) is -6.54. The lowest BCUT2D eigenvalue weighted by Crippen LogP contribution is -2.50. The number of halogens is 8. The van der Waals surface area contributed by atoms with E-state index in [1.165, 1.54) is 24.3 Å². The maximum Gasteiger partial charge on any atom is 0.460 e. The van der Waals surface area contributed by atoms with E-state index in [1.807, 2.05) is 0 Å². The average Bonchev–Trinajstić information content (AvgIpc) is 2.53. The third-order valence-corrected chi connectivity index (χ3v) is 3.52. The molecule has 25 heavy (non-hydrogen) atoms. The summed E-state index contributed by atoms with van der Waals surface area (Å²) in [5.41, 5.74) is -3.34. The molecule has 0 unspecified atom stereocenters. The Kier molecular flexibility index (Phi) is 4.70. The predicted molar refractivity (Wildman–Crippen MR) is 74.3 cm³/mol. The predicted octanol–water partition coefficient (Wildman–Crippen LogP) is 5.56. The molecule has 0 spiro atoms. The van der Waals surface area contributed by atoms with Crippen molar-refractivity contribution >= 4 is 11.6 Å². The second-order valence-corrected chi connectivity index (χ2v) is 5.20. The van der Waals surface area contributed by atoms with E-state index < -0.39 is 34.3 Å². The van der Waals surface area contributed by atoms with Gasteiger partial charge in [-0.3, -0.25) is 0 Å². The lowest BCUT2D eigenvalue weighted by Gasteiger charge is -2.29. The van der Waals surface area contributed by atoms with E-state index in [-0.39, 0.29) is 11.3 Å². The van der Waals surface area contributed by atoms with Crippen LogP contribution < -0.4 is 0 Å². The van der Waals surface area contributed by atoms with Crippen LogP contribution in [0.25, 0.3) is 11.3 Å². The van der Waals surface area contributed by atoms with Crippen LogP contribution in [0.5, 0.6) is 0 Å². The zero-order valence-electron chi connectivity index (χ0n) is 11.9. The standard InChI is InChI=1S/C15H6ClF7N2/c16-12-9(7-24)10(13(17,18)14(19,20)15(21,22)23)6-11(25-12)8-4-2-1-3-5-8/h1-6H. The molecule has 1 heterocycles. The van der Waals surface area contributed by atoms with E-state index in [0.29, 0.717) is 6.07 Å². The highest BCUT2D eigenvalue weighted by Crippen LogP contribution is 2.53. The van der Waals surface area contributed by atoms with Gasteiger partial charge in [0.15, 0.2) is 0 Å². The minimum absolute atomic E-state index is 0.140. The molecule has 0 saturated heterocycles. The molecule has 132 valence electrons. The Morgan fingerprint density at radius 2 is 1.52 bits per heavy atom. The molecular formula is C15H6ClF7N2. The SMILES string of the molecule is N#Cc1c(C(F)(F)C(F)(F)C(F)(F)F)cc(-c2ccccc2)nc1Cl. The first kappa shape index (κ1) is 19.0. The van der Waals surface area contributed by atoms with Crippen molar-refractivity contribution in [3.05, 3.63) is 52.7 Å². The van der Waals surface area contributed by atoms with Gasteiger partial charge in [-0.25, -0.2) is 4.98 Å².